The van der Waals surface area contributed by atoms with Crippen LogP contribution in [0.2, 0.25) is 0 Å². The molecule has 0 aromatic carbocycles. The molecule has 1 aliphatic carbocycles. The first kappa shape index (κ1) is 11.2. The van der Waals surface area contributed by atoms with Gasteiger partial charge in [0.05, 0.1) is 17.8 Å². The summed E-state index contributed by atoms with van der Waals surface area (Å²) in [5, 5.41) is 7.46. The van der Waals surface area contributed by atoms with Crippen LogP contribution < -0.4 is 5.32 Å². The molecule has 17 heavy (non-hydrogen) atoms. The summed E-state index contributed by atoms with van der Waals surface area (Å²) in [5.41, 5.74) is 1.16. The van der Waals surface area contributed by atoms with Gasteiger partial charge in [-0.25, -0.2) is 0 Å². The van der Waals surface area contributed by atoms with E-state index in [1.165, 1.54) is 19.3 Å². The van der Waals surface area contributed by atoms with E-state index in [0.29, 0.717) is 6.04 Å². The number of nitrogens with one attached hydrogen (secondary N) is 1. The number of rotatable bonds is 3. The molecule has 0 bridgehead atoms. The normalized spacial score (nSPS) is 27.0. The van der Waals surface area contributed by atoms with Crippen LogP contribution in [-0.2, 0) is 11.3 Å². The van der Waals surface area contributed by atoms with E-state index in [1.54, 1.807) is 0 Å². The standard InChI is InChI=1S/C13H20N2O2/c1-10-7-12(17-15-10)9-14-11-3-6-16-13(8-11)4-2-5-13/h7,11,14H,2-6,8-9H2,1H3. The maximum Gasteiger partial charge on any atom is 0.150 e. The molecular formula is C13H20N2O2. The van der Waals surface area contributed by atoms with Crippen LogP contribution in [0.5, 0.6) is 0 Å². The van der Waals surface area contributed by atoms with E-state index < -0.39 is 0 Å². The van der Waals surface area contributed by atoms with Gasteiger partial charge in [-0.1, -0.05) is 5.16 Å². The first-order valence-electron chi connectivity index (χ1n) is 6.55. The van der Waals surface area contributed by atoms with Crippen LogP contribution in [0.15, 0.2) is 10.6 Å². The molecule has 94 valence electrons. The number of aromatic nitrogens is 1. The summed E-state index contributed by atoms with van der Waals surface area (Å²) in [4.78, 5) is 0. The number of aryl methyl sites for hydroxylation is 1. The molecule has 1 aromatic rings. The molecule has 4 nitrogen and oxygen atoms in total. The Morgan fingerprint density at radius 3 is 3.06 bits per heavy atom. The highest BCUT2D eigenvalue weighted by Crippen LogP contribution is 2.42. The van der Waals surface area contributed by atoms with E-state index in [4.69, 9.17) is 9.26 Å². The van der Waals surface area contributed by atoms with E-state index in [2.05, 4.69) is 10.5 Å². The molecule has 1 unspecified atom stereocenters. The third-order valence-corrected chi connectivity index (χ3v) is 4.00. The fourth-order valence-corrected chi connectivity index (χ4v) is 2.87. The number of ether oxygens (including phenoxy) is 1. The first-order chi connectivity index (χ1) is 8.26. The molecule has 1 saturated heterocycles. The van der Waals surface area contributed by atoms with Gasteiger partial charge in [0.15, 0.2) is 5.76 Å². The number of nitrogens with zero attached hydrogens (tertiary/aromatic N) is 1. The molecule has 4 heteroatoms. The van der Waals surface area contributed by atoms with E-state index in [-0.39, 0.29) is 5.60 Å². The summed E-state index contributed by atoms with van der Waals surface area (Å²) >= 11 is 0. The van der Waals surface area contributed by atoms with Crippen LogP contribution in [0.25, 0.3) is 0 Å². The van der Waals surface area contributed by atoms with Crippen LogP contribution in [0.4, 0.5) is 0 Å². The monoisotopic (exact) mass is 236 g/mol. The van der Waals surface area contributed by atoms with Gasteiger partial charge < -0.3 is 14.6 Å². The van der Waals surface area contributed by atoms with Crippen molar-refractivity contribution in [3.63, 3.8) is 0 Å². The summed E-state index contributed by atoms with van der Waals surface area (Å²) in [6.45, 7) is 3.62. The topological polar surface area (TPSA) is 47.3 Å². The van der Waals surface area contributed by atoms with E-state index in [1.807, 2.05) is 13.0 Å². The Morgan fingerprint density at radius 2 is 2.41 bits per heavy atom. The summed E-state index contributed by atoms with van der Waals surface area (Å²) in [7, 11) is 0. The smallest absolute Gasteiger partial charge is 0.150 e. The van der Waals surface area contributed by atoms with Crippen molar-refractivity contribution >= 4 is 0 Å². The highest BCUT2D eigenvalue weighted by Gasteiger charge is 2.42. The fourth-order valence-electron chi connectivity index (χ4n) is 2.87. The number of hydrogen-bond donors (Lipinski definition) is 1. The molecule has 2 aliphatic rings. The second-order valence-corrected chi connectivity index (χ2v) is 5.39. The highest BCUT2D eigenvalue weighted by molar-refractivity contribution is 5.03. The molecule has 2 fully saturated rings. The largest absolute Gasteiger partial charge is 0.375 e. The Hall–Kier alpha value is -0.870. The van der Waals surface area contributed by atoms with Crippen molar-refractivity contribution in [2.75, 3.05) is 6.61 Å². The summed E-state index contributed by atoms with van der Waals surface area (Å²) in [6.07, 6.45) is 6.07. The minimum atomic E-state index is 0.216. The molecule has 0 radical (unpaired) electrons. The SMILES string of the molecule is Cc1cc(CNC2CCOC3(CCC3)C2)on1. The zero-order chi connectivity index (χ0) is 11.7. The van der Waals surface area contributed by atoms with Gasteiger partial charge in [-0.3, -0.25) is 0 Å². The zero-order valence-electron chi connectivity index (χ0n) is 10.4. The molecule has 1 saturated carbocycles. The van der Waals surface area contributed by atoms with E-state index >= 15 is 0 Å². The van der Waals surface area contributed by atoms with Crippen molar-refractivity contribution in [2.24, 2.45) is 0 Å². The van der Waals surface area contributed by atoms with Crippen LogP contribution in [-0.4, -0.2) is 23.4 Å². The molecule has 2 heterocycles. The third kappa shape index (κ3) is 2.38. The van der Waals surface area contributed by atoms with Crippen molar-refractivity contribution in [3.05, 3.63) is 17.5 Å². The van der Waals surface area contributed by atoms with Crippen LogP contribution in [0, 0.1) is 6.92 Å². The summed E-state index contributed by atoms with van der Waals surface area (Å²) in [5.74, 6) is 0.927. The molecule has 1 aliphatic heterocycles. The van der Waals surface area contributed by atoms with E-state index in [9.17, 15) is 0 Å². The zero-order valence-corrected chi connectivity index (χ0v) is 10.4. The third-order valence-electron chi connectivity index (χ3n) is 4.00. The second kappa shape index (κ2) is 4.42. The number of hydrogen-bond acceptors (Lipinski definition) is 4. The lowest BCUT2D eigenvalue weighted by Crippen LogP contribution is -2.50. The molecule has 1 N–H and O–H groups in total. The van der Waals surface area contributed by atoms with Gasteiger partial charge in [-0.15, -0.1) is 0 Å². The van der Waals surface area contributed by atoms with Crippen molar-refractivity contribution in [3.8, 4) is 0 Å². The van der Waals surface area contributed by atoms with E-state index in [0.717, 1.165) is 37.4 Å². The summed E-state index contributed by atoms with van der Waals surface area (Å²) < 4.78 is 11.1. The van der Waals surface area contributed by atoms with Crippen molar-refractivity contribution < 1.29 is 9.26 Å². The lowest BCUT2D eigenvalue weighted by molar-refractivity contribution is -0.135. The maximum atomic E-state index is 5.91. The Labute approximate surface area is 102 Å². The van der Waals surface area contributed by atoms with Gasteiger partial charge in [0.25, 0.3) is 0 Å². The van der Waals surface area contributed by atoms with Crippen molar-refractivity contribution in [2.45, 2.75) is 57.2 Å². The van der Waals surface area contributed by atoms with Gasteiger partial charge in [0.2, 0.25) is 0 Å². The average molecular weight is 236 g/mol. The first-order valence-corrected chi connectivity index (χ1v) is 6.55. The van der Waals surface area contributed by atoms with Crippen LogP contribution >= 0.6 is 0 Å². The van der Waals surface area contributed by atoms with Gasteiger partial charge >= 0.3 is 0 Å². The Morgan fingerprint density at radius 1 is 1.53 bits per heavy atom. The van der Waals surface area contributed by atoms with Crippen molar-refractivity contribution in [1.82, 2.24) is 10.5 Å². The molecular weight excluding hydrogens is 216 g/mol. The van der Waals surface area contributed by atoms with Crippen LogP contribution in [0.3, 0.4) is 0 Å². The predicted molar refractivity (Wildman–Crippen MR) is 63.6 cm³/mol. The highest BCUT2D eigenvalue weighted by atomic mass is 16.5. The second-order valence-electron chi connectivity index (χ2n) is 5.39. The van der Waals surface area contributed by atoms with Gasteiger partial charge in [-0.2, -0.15) is 0 Å². The van der Waals surface area contributed by atoms with Gasteiger partial charge in [-0.05, 0) is 39.0 Å². The average Bonchev–Trinajstić information content (AvgIpc) is 2.71. The Balaban J connectivity index is 1.51. The molecule has 1 spiro atoms. The molecule has 1 atom stereocenters. The Kier molecular flexibility index (Phi) is 2.92. The lowest BCUT2D eigenvalue weighted by Gasteiger charge is -2.47. The predicted octanol–water partition coefficient (Wildman–Crippen LogP) is 2.17. The minimum Gasteiger partial charge on any atom is -0.375 e. The summed E-state index contributed by atoms with van der Waals surface area (Å²) in [6, 6.07) is 2.56. The molecule has 0 amide bonds. The Bertz CT molecular complexity index is 385. The van der Waals surface area contributed by atoms with Crippen LogP contribution in [0.1, 0.15) is 43.6 Å². The van der Waals surface area contributed by atoms with Gasteiger partial charge in [0, 0.05) is 18.7 Å². The quantitative estimate of drug-likeness (QED) is 0.873. The minimum absolute atomic E-state index is 0.216. The maximum absolute atomic E-state index is 5.91. The molecule has 1 aromatic heterocycles. The molecule has 3 rings (SSSR count). The van der Waals surface area contributed by atoms with Crippen molar-refractivity contribution in [1.29, 1.82) is 0 Å². The van der Waals surface area contributed by atoms with Gasteiger partial charge in [0.1, 0.15) is 0 Å². The lowest BCUT2D eigenvalue weighted by atomic mass is 9.74. The fraction of sp³-hybridized carbons (Fsp3) is 0.769.